The van der Waals surface area contributed by atoms with Crippen molar-refractivity contribution < 1.29 is 14.6 Å². The first-order valence-electron chi connectivity index (χ1n) is 8.07. The molecule has 6 heteroatoms. The lowest BCUT2D eigenvalue weighted by molar-refractivity contribution is 0.283. The summed E-state index contributed by atoms with van der Waals surface area (Å²) in [6.45, 7) is -0.429. The average molecular weight is 340 g/mol. The monoisotopic (exact) mass is 340 g/mol. The van der Waals surface area contributed by atoms with Crippen LogP contribution in [-0.2, 0) is 6.61 Å². The molecule has 2 aromatic carbocycles. The third-order valence-corrected chi connectivity index (χ3v) is 4.69. The van der Waals surface area contributed by atoms with Gasteiger partial charge in [0.2, 0.25) is 0 Å². The van der Waals surface area contributed by atoms with E-state index in [2.05, 4.69) is 0 Å². The second-order valence-electron chi connectivity index (χ2n) is 6.35. The topological polar surface area (TPSA) is 88.5 Å². The van der Waals surface area contributed by atoms with Gasteiger partial charge in [-0.15, -0.1) is 0 Å². The van der Waals surface area contributed by atoms with E-state index < -0.39 is 12.4 Å². The largest absolute Gasteiger partial charge is 0.508 e. The van der Waals surface area contributed by atoms with E-state index >= 15 is 0 Å². The highest BCUT2D eigenvalue weighted by Gasteiger charge is 2.29. The van der Waals surface area contributed by atoms with Gasteiger partial charge in [-0.25, -0.2) is 4.39 Å². The fraction of sp³-hybridized carbons (Fsp3) is 0.211. The lowest BCUT2D eigenvalue weighted by atomic mass is 9.99. The van der Waals surface area contributed by atoms with Crippen molar-refractivity contribution in [2.45, 2.75) is 25.5 Å². The quantitative estimate of drug-likeness (QED) is 0.684. The van der Waals surface area contributed by atoms with Crippen LogP contribution in [0.5, 0.6) is 5.75 Å². The number of phenolic OH excluding ortho intramolecular Hbond substituents is 1. The smallest absolute Gasteiger partial charge is 0.274 e. The number of hydrogen-bond acceptors (Lipinski definition) is 4. The van der Waals surface area contributed by atoms with E-state index in [1.165, 1.54) is 18.2 Å². The number of hydrogen-bond donors (Lipinski definition) is 3. The van der Waals surface area contributed by atoms with Crippen molar-refractivity contribution in [3.05, 3.63) is 58.1 Å². The van der Waals surface area contributed by atoms with Crippen molar-refractivity contribution in [1.82, 2.24) is 4.57 Å². The summed E-state index contributed by atoms with van der Waals surface area (Å²) < 4.78 is 16.3. The molecule has 1 aliphatic rings. The summed E-state index contributed by atoms with van der Waals surface area (Å²) in [5.74, 6) is -0.386. The van der Waals surface area contributed by atoms with Crippen LogP contribution in [0.25, 0.3) is 22.0 Å². The Balaban J connectivity index is 2.07. The summed E-state index contributed by atoms with van der Waals surface area (Å²) in [6.07, 6.45) is 1.75. The molecule has 4 rings (SSSR count). The number of rotatable bonds is 3. The molecule has 3 aromatic rings. The Hall–Kier alpha value is -2.86. The molecule has 1 aromatic heterocycles. The number of aliphatic hydroxyl groups is 1. The number of fused-ring (bicyclic) bond motifs is 1. The van der Waals surface area contributed by atoms with Crippen LogP contribution in [0.15, 0.2) is 41.2 Å². The normalized spacial score (nSPS) is 14.2. The lowest BCUT2D eigenvalue weighted by Crippen LogP contribution is -2.24. The number of nitrogen functional groups attached to an aromatic ring is 1. The van der Waals surface area contributed by atoms with Gasteiger partial charge in [0, 0.05) is 22.6 Å². The second-order valence-corrected chi connectivity index (χ2v) is 6.35. The molecular formula is C19H17FN2O3. The Morgan fingerprint density at radius 2 is 1.88 bits per heavy atom. The second kappa shape index (κ2) is 5.60. The van der Waals surface area contributed by atoms with Crippen molar-refractivity contribution in [3.8, 4) is 16.9 Å². The summed E-state index contributed by atoms with van der Waals surface area (Å²) in [4.78, 5) is 12.6. The zero-order chi connectivity index (χ0) is 17.7. The third kappa shape index (κ3) is 2.46. The van der Waals surface area contributed by atoms with Crippen LogP contribution in [0.3, 0.4) is 0 Å². The van der Waals surface area contributed by atoms with Crippen LogP contribution in [0, 0.1) is 5.82 Å². The van der Waals surface area contributed by atoms with Gasteiger partial charge in [0.05, 0.1) is 12.1 Å². The summed E-state index contributed by atoms with van der Waals surface area (Å²) in [7, 11) is 0. The van der Waals surface area contributed by atoms with Gasteiger partial charge in [-0.3, -0.25) is 4.79 Å². The molecule has 0 unspecified atom stereocenters. The number of aromatic nitrogens is 1. The molecule has 0 bridgehead atoms. The van der Waals surface area contributed by atoms with Crippen molar-refractivity contribution in [2.24, 2.45) is 0 Å². The average Bonchev–Trinajstić information content (AvgIpc) is 3.42. The van der Waals surface area contributed by atoms with Gasteiger partial charge in [-0.05, 0) is 42.7 Å². The van der Waals surface area contributed by atoms with Crippen LogP contribution >= 0.6 is 0 Å². The molecule has 0 atom stereocenters. The summed E-state index contributed by atoms with van der Waals surface area (Å²) in [6, 6.07) is 9.19. The summed E-state index contributed by atoms with van der Waals surface area (Å²) >= 11 is 0. The lowest BCUT2D eigenvalue weighted by Gasteiger charge is -2.16. The molecule has 0 spiro atoms. The Morgan fingerprint density at radius 1 is 1.20 bits per heavy atom. The first-order valence-corrected chi connectivity index (χ1v) is 8.07. The number of halogens is 1. The summed E-state index contributed by atoms with van der Waals surface area (Å²) in [5.41, 5.74) is 7.27. The SMILES string of the molecule is Nc1c(CO)c2cc(F)c(-c3ccc(O)cc3)cc2n(C2CC2)c1=O. The first kappa shape index (κ1) is 15.7. The third-order valence-electron chi connectivity index (χ3n) is 4.69. The van der Waals surface area contributed by atoms with Crippen LogP contribution in [0.1, 0.15) is 24.4 Å². The zero-order valence-electron chi connectivity index (χ0n) is 13.4. The number of aliphatic hydroxyl groups excluding tert-OH is 1. The Labute approximate surface area is 142 Å². The van der Waals surface area contributed by atoms with E-state index in [4.69, 9.17) is 5.73 Å². The molecule has 1 heterocycles. The highest BCUT2D eigenvalue weighted by Crippen LogP contribution is 2.39. The van der Waals surface area contributed by atoms with E-state index in [0.717, 1.165) is 12.8 Å². The molecule has 4 N–H and O–H groups in total. The van der Waals surface area contributed by atoms with E-state index in [0.29, 0.717) is 22.0 Å². The molecule has 1 fully saturated rings. The standard InChI is InChI=1S/C19H17FN2O3/c20-16-7-14-15(9-23)18(21)19(25)22(11-3-4-11)17(14)8-13(16)10-1-5-12(24)6-2-10/h1-2,5-8,11,23-24H,3-4,9,21H2. The van der Waals surface area contributed by atoms with Crippen LogP contribution in [0.4, 0.5) is 10.1 Å². The number of nitrogens with two attached hydrogens (primary N) is 1. The molecule has 0 radical (unpaired) electrons. The van der Waals surface area contributed by atoms with Crippen molar-refractivity contribution in [3.63, 3.8) is 0 Å². The predicted molar refractivity (Wildman–Crippen MR) is 93.9 cm³/mol. The minimum atomic E-state index is -0.478. The van der Waals surface area contributed by atoms with Gasteiger partial charge >= 0.3 is 0 Å². The maximum atomic E-state index is 14.7. The number of phenols is 1. The molecular weight excluding hydrogens is 323 g/mol. The van der Waals surface area contributed by atoms with Crippen LogP contribution in [-0.4, -0.2) is 14.8 Å². The maximum absolute atomic E-state index is 14.7. The van der Waals surface area contributed by atoms with Crippen LogP contribution < -0.4 is 11.3 Å². The minimum absolute atomic E-state index is 0.0290. The molecule has 128 valence electrons. The highest BCUT2D eigenvalue weighted by molar-refractivity contribution is 5.90. The van der Waals surface area contributed by atoms with Crippen LogP contribution in [0.2, 0.25) is 0 Å². The molecule has 1 aliphatic carbocycles. The number of benzene rings is 2. The molecule has 0 aliphatic heterocycles. The molecule has 1 saturated carbocycles. The Bertz CT molecular complexity index is 1040. The van der Waals surface area contributed by atoms with Crippen molar-refractivity contribution in [2.75, 3.05) is 5.73 Å². The molecule has 5 nitrogen and oxygen atoms in total. The molecule has 0 amide bonds. The number of anilines is 1. The Kier molecular flexibility index (Phi) is 3.51. The van der Waals surface area contributed by atoms with Gasteiger partial charge in [0.1, 0.15) is 17.3 Å². The minimum Gasteiger partial charge on any atom is -0.508 e. The van der Waals surface area contributed by atoms with Gasteiger partial charge < -0.3 is 20.5 Å². The predicted octanol–water partition coefficient (Wildman–Crippen LogP) is 2.92. The van der Waals surface area contributed by atoms with Gasteiger partial charge in [0.25, 0.3) is 5.56 Å². The Morgan fingerprint density at radius 3 is 2.48 bits per heavy atom. The van der Waals surface area contributed by atoms with E-state index in [1.807, 2.05) is 0 Å². The zero-order valence-corrected chi connectivity index (χ0v) is 13.4. The van der Waals surface area contributed by atoms with Crippen molar-refractivity contribution >= 4 is 16.6 Å². The fourth-order valence-corrected chi connectivity index (χ4v) is 3.24. The maximum Gasteiger partial charge on any atom is 0.274 e. The van der Waals surface area contributed by atoms with E-state index in [-0.39, 0.29) is 28.6 Å². The number of nitrogens with zero attached hydrogens (tertiary/aromatic N) is 1. The fourth-order valence-electron chi connectivity index (χ4n) is 3.24. The number of pyridine rings is 1. The number of aromatic hydroxyl groups is 1. The summed E-state index contributed by atoms with van der Waals surface area (Å²) in [5, 5.41) is 19.5. The highest BCUT2D eigenvalue weighted by atomic mass is 19.1. The van der Waals surface area contributed by atoms with Gasteiger partial charge in [0.15, 0.2) is 0 Å². The van der Waals surface area contributed by atoms with Gasteiger partial charge in [-0.1, -0.05) is 12.1 Å². The van der Waals surface area contributed by atoms with E-state index in [1.54, 1.807) is 22.8 Å². The van der Waals surface area contributed by atoms with Crippen molar-refractivity contribution in [1.29, 1.82) is 0 Å². The first-order chi connectivity index (χ1) is 12.0. The molecule has 25 heavy (non-hydrogen) atoms. The molecule has 0 saturated heterocycles. The van der Waals surface area contributed by atoms with E-state index in [9.17, 15) is 19.4 Å². The van der Waals surface area contributed by atoms with Gasteiger partial charge in [-0.2, -0.15) is 0 Å².